The van der Waals surface area contributed by atoms with Crippen LogP contribution in [0.1, 0.15) is 55.2 Å². The van der Waals surface area contributed by atoms with Crippen molar-refractivity contribution in [2.24, 2.45) is 0 Å². The average Bonchev–Trinajstić information content (AvgIpc) is 3.36. The van der Waals surface area contributed by atoms with Crippen LogP contribution in [-0.2, 0) is 23.0 Å². The Balaban J connectivity index is 1.69. The topological polar surface area (TPSA) is 83.5 Å². The van der Waals surface area contributed by atoms with Crippen LogP contribution in [0.5, 0.6) is 0 Å². The van der Waals surface area contributed by atoms with Crippen molar-refractivity contribution in [1.29, 1.82) is 0 Å². The van der Waals surface area contributed by atoms with Crippen LogP contribution in [-0.4, -0.2) is 41.7 Å². The van der Waals surface area contributed by atoms with Gasteiger partial charge in [0.25, 0.3) is 5.91 Å². The van der Waals surface area contributed by atoms with Gasteiger partial charge in [0.1, 0.15) is 0 Å². The molecule has 2 heterocycles. The van der Waals surface area contributed by atoms with E-state index in [2.05, 4.69) is 18.0 Å². The molecule has 4 aromatic rings. The molecule has 0 aliphatic heterocycles. The molecule has 0 N–H and O–H groups in total. The summed E-state index contributed by atoms with van der Waals surface area (Å²) in [6.07, 6.45) is 4.02. The smallest absolute Gasteiger partial charge is 0.260 e. The Kier molecular flexibility index (Phi) is 8.68. The van der Waals surface area contributed by atoms with Gasteiger partial charge in [-0.1, -0.05) is 50.3 Å². The minimum Gasteiger partial charge on any atom is -0.278 e. The van der Waals surface area contributed by atoms with E-state index in [-0.39, 0.29) is 17.3 Å². The lowest BCUT2D eigenvalue weighted by molar-refractivity contribution is 0.0984. The number of carbonyl (C=O) groups is 1. The quantitative estimate of drug-likeness (QED) is 0.238. The molecule has 0 bridgehead atoms. The lowest BCUT2D eigenvalue weighted by Gasteiger charge is -2.22. The summed E-state index contributed by atoms with van der Waals surface area (Å²) in [5.41, 5.74) is 3.16. The van der Waals surface area contributed by atoms with Crippen molar-refractivity contribution in [3.05, 3.63) is 83.7 Å². The number of carbonyl (C=O) groups excluding carboxylic acids is 1. The maximum atomic E-state index is 13.8. The number of fused-ring (bicyclic) bond motifs is 1. The number of para-hydroxylation sites is 1. The van der Waals surface area contributed by atoms with Crippen LogP contribution < -0.4 is 4.90 Å². The molecule has 7 nitrogen and oxygen atoms in total. The number of thiazole rings is 1. The third-order valence-electron chi connectivity index (χ3n) is 6.08. The third kappa shape index (κ3) is 5.89. The van der Waals surface area contributed by atoms with Crippen LogP contribution >= 0.6 is 11.3 Å². The van der Waals surface area contributed by atoms with Gasteiger partial charge in [-0.2, -0.15) is 4.31 Å². The summed E-state index contributed by atoms with van der Waals surface area (Å²) in [4.78, 5) is 24.8. The minimum atomic E-state index is -3.63. The molecule has 0 aliphatic carbocycles. The lowest BCUT2D eigenvalue weighted by atomic mass is 10.1. The van der Waals surface area contributed by atoms with Gasteiger partial charge in [-0.3, -0.25) is 14.7 Å². The molecule has 0 saturated carbocycles. The van der Waals surface area contributed by atoms with Gasteiger partial charge in [-0.25, -0.2) is 13.4 Å². The van der Waals surface area contributed by atoms with E-state index in [0.29, 0.717) is 23.8 Å². The molecule has 4 rings (SSSR count). The summed E-state index contributed by atoms with van der Waals surface area (Å²) in [5.74, 6) is -0.259. The zero-order valence-corrected chi connectivity index (χ0v) is 23.1. The van der Waals surface area contributed by atoms with Crippen LogP contribution in [0.3, 0.4) is 0 Å². The Hall–Kier alpha value is -3.14. The maximum Gasteiger partial charge on any atom is 0.260 e. The summed E-state index contributed by atoms with van der Waals surface area (Å²) in [6.45, 7) is 7.19. The predicted octanol–water partition coefficient (Wildman–Crippen LogP) is 5.91. The van der Waals surface area contributed by atoms with Crippen LogP contribution in [0.2, 0.25) is 0 Å². The van der Waals surface area contributed by atoms with Gasteiger partial charge < -0.3 is 0 Å². The molecule has 0 radical (unpaired) electrons. The molecule has 1 amide bonds. The first-order valence-electron chi connectivity index (χ1n) is 12.6. The van der Waals surface area contributed by atoms with Crippen molar-refractivity contribution in [2.75, 3.05) is 18.0 Å². The van der Waals surface area contributed by atoms with Crippen LogP contribution in [0.4, 0.5) is 5.13 Å². The molecule has 0 aliphatic rings. The van der Waals surface area contributed by atoms with Gasteiger partial charge >= 0.3 is 0 Å². The third-order valence-corrected chi connectivity index (χ3v) is 9.04. The van der Waals surface area contributed by atoms with Gasteiger partial charge in [0, 0.05) is 24.8 Å². The number of benzene rings is 2. The molecule has 0 spiro atoms. The minimum absolute atomic E-state index is 0.190. The van der Waals surface area contributed by atoms with Crippen LogP contribution in [0, 0.1) is 0 Å². The van der Waals surface area contributed by atoms with E-state index in [1.165, 1.54) is 27.8 Å². The van der Waals surface area contributed by atoms with Crippen molar-refractivity contribution in [2.45, 2.75) is 51.5 Å². The molecular weight excluding hydrogens is 504 g/mol. The van der Waals surface area contributed by atoms with E-state index in [4.69, 9.17) is 4.98 Å². The number of anilines is 1. The summed E-state index contributed by atoms with van der Waals surface area (Å²) >= 11 is 1.46. The van der Waals surface area contributed by atoms with Gasteiger partial charge in [-0.05, 0) is 67.3 Å². The summed E-state index contributed by atoms with van der Waals surface area (Å²) < 4.78 is 28.8. The summed E-state index contributed by atoms with van der Waals surface area (Å²) in [5, 5.41) is 0.584. The Bertz CT molecular complexity index is 1450. The van der Waals surface area contributed by atoms with Gasteiger partial charge in [-0.15, -0.1) is 0 Å². The zero-order valence-electron chi connectivity index (χ0n) is 21.4. The number of pyridine rings is 1. The monoisotopic (exact) mass is 536 g/mol. The number of amides is 1. The average molecular weight is 537 g/mol. The molecule has 2 aromatic heterocycles. The number of aryl methyl sites for hydroxylation is 1. The van der Waals surface area contributed by atoms with Crippen LogP contribution in [0.25, 0.3) is 10.2 Å². The fourth-order valence-corrected chi connectivity index (χ4v) is 6.84. The van der Waals surface area contributed by atoms with E-state index in [1.807, 2.05) is 44.2 Å². The molecule has 9 heteroatoms. The van der Waals surface area contributed by atoms with Crippen molar-refractivity contribution in [3.63, 3.8) is 0 Å². The number of hydrogen-bond donors (Lipinski definition) is 0. The second-order valence-corrected chi connectivity index (χ2v) is 11.7. The van der Waals surface area contributed by atoms with Gasteiger partial charge in [0.2, 0.25) is 10.0 Å². The number of sulfonamides is 1. The highest BCUT2D eigenvalue weighted by Crippen LogP contribution is 2.33. The Labute approximate surface area is 222 Å². The Morgan fingerprint density at radius 1 is 0.919 bits per heavy atom. The first kappa shape index (κ1) is 26.9. The summed E-state index contributed by atoms with van der Waals surface area (Å²) in [7, 11) is -3.63. The zero-order chi connectivity index (χ0) is 26.4. The van der Waals surface area contributed by atoms with Crippen molar-refractivity contribution >= 4 is 42.6 Å². The molecule has 0 saturated heterocycles. The fraction of sp³-hybridized carbons (Fsp3) is 0.321. The highest BCUT2D eigenvalue weighted by atomic mass is 32.2. The second kappa shape index (κ2) is 11.9. The number of aromatic nitrogens is 2. The SMILES string of the molecule is CCCN(CCC)S(=O)(=O)c1ccc(C(=O)N(Cc2ccccn2)c2nc3c(CC)cccc3s2)cc1. The molecule has 0 fully saturated rings. The van der Waals surface area contributed by atoms with Gasteiger partial charge in [0.05, 0.1) is 27.4 Å². The first-order valence-corrected chi connectivity index (χ1v) is 14.8. The molecule has 37 heavy (non-hydrogen) atoms. The van der Waals surface area contributed by atoms with E-state index in [1.54, 1.807) is 23.2 Å². The molecule has 0 atom stereocenters. The highest BCUT2D eigenvalue weighted by Gasteiger charge is 2.26. The Morgan fingerprint density at radius 3 is 2.27 bits per heavy atom. The van der Waals surface area contributed by atoms with Crippen molar-refractivity contribution in [3.8, 4) is 0 Å². The second-order valence-electron chi connectivity index (χ2n) is 8.75. The standard InChI is InChI=1S/C28H32N4O3S2/c1-4-18-31(19-5-2)37(34,35)24-15-13-22(14-16-24)27(33)32(20-23-11-7-8-17-29-23)28-30-26-21(6-3)10-9-12-25(26)36-28/h7-17H,4-6,18-20H2,1-3H3. The lowest BCUT2D eigenvalue weighted by Crippen LogP contribution is -2.33. The van der Waals surface area contributed by atoms with Crippen molar-refractivity contribution < 1.29 is 13.2 Å². The van der Waals surface area contributed by atoms with E-state index < -0.39 is 10.0 Å². The van der Waals surface area contributed by atoms with E-state index >= 15 is 0 Å². The largest absolute Gasteiger partial charge is 0.278 e. The normalized spacial score (nSPS) is 11.8. The van der Waals surface area contributed by atoms with Gasteiger partial charge in [0.15, 0.2) is 5.13 Å². The molecule has 0 unspecified atom stereocenters. The predicted molar refractivity (Wildman–Crippen MR) is 150 cm³/mol. The Morgan fingerprint density at radius 2 is 1.65 bits per heavy atom. The highest BCUT2D eigenvalue weighted by molar-refractivity contribution is 7.89. The molecule has 2 aromatic carbocycles. The van der Waals surface area contributed by atoms with Crippen molar-refractivity contribution in [1.82, 2.24) is 14.3 Å². The van der Waals surface area contributed by atoms with E-state index in [0.717, 1.165) is 40.7 Å². The number of rotatable bonds is 11. The first-order chi connectivity index (χ1) is 17.9. The molecular formula is C28H32N4O3S2. The molecule has 194 valence electrons. The van der Waals surface area contributed by atoms with Crippen LogP contribution in [0.15, 0.2) is 71.8 Å². The maximum absolute atomic E-state index is 13.8. The summed E-state index contributed by atoms with van der Waals surface area (Å²) in [6, 6.07) is 17.9. The number of hydrogen-bond acceptors (Lipinski definition) is 6. The fourth-order valence-electron chi connectivity index (χ4n) is 4.20. The van der Waals surface area contributed by atoms with E-state index in [9.17, 15) is 13.2 Å². The number of nitrogens with zero attached hydrogens (tertiary/aromatic N) is 4.